The summed E-state index contributed by atoms with van der Waals surface area (Å²) < 4.78 is 0. The molecule has 6 heteroatoms. The fraction of sp³-hybridized carbons (Fsp3) is 0.857. The average molecular weight is 384 g/mol. The zero-order valence-corrected chi connectivity index (χ0v) is 17.5. The van der Waals surface area contributed by atoms with E-state index in [1.165, 1.54) is 0 Å². The van der Waals surface area contributed by atoms with E-state index in [1.807, 2.05) is 6.92 Å². The number of amides is 2. The molecule has 0 aliphatic heterocycles. The van der Waals surface area contributed by atoms with E-state index in [0.29, 0.717) is 44.7 Å². The lowest BCUT2D eigenvalue weighted by molar-refractivity contribution is -0.121. The van der Waals surface area contributed by atoms with Gasteiger partial charge in [0.05, 0.1) is 6.54 Å². The Morgan fingerprint density at radius 2 is 1.19 bits per heavy atom. The fourth-order valence-corrected chi connectivity index (χ4v) is 2.78. The van der Waals surface area contributed by atoms with Crippen molar-refractivity contribution in [2.24, 2.45) is 0 Å². The Balaban J connectivity index is 3.32. The van der Waals surface area contributed by atoms with Crippen LogP contribution in [-0.4, -0.2) is 43.8 Å². The number of unbranched alkanes of at least 4 members (excludes halogenated alkanes) is 5. The molecule has 0 aliphatic rings. The molecule has 0 rings (SSSR count). The van der Waals surface area contributed by atoms with Gasteiger partial charge in [-0.05, 0) is 45.1 Å². The van der Waals surface area contributed by atoms with Crippen LogP contribution in [0.25, 0.3) is 0 Å². The summed E-state index contributed by atoms with van der Waals surface area (Å²) in [4.78, 5) is 34.6. The molecule has 0 atom stereocenters. The van der Waals surface area contributed by atoms with Crippen molar-refractivity contribution in [3.8, 4) is 0 Å². The maximum absolute atomic E-state index is 11.7. The highest BCUT2D eigenvalue weighted by atomic mass is 16.2. The van der Waals surface area contributed by atoms with E-state index < -0.39 is 0 Å². The quantitative estimate of drug-likeness (QED) is 0.299. The van der Waals surface area contributed by atoms with Gasteiger partial charge in [-0.1, -0.05) is 33.1 Å². The van der Waals surface area contributed by atoms with E-state index in [9.17, 15) is 14.4 Å². The zero-order chi connectivity index (χ0) is 20.2. The first-order valence-corrected chi connectivity index (χ1v) is 10.9. The Kier molecular flexibility index (Phi) is 18.3. The number of hydrogen-bond donors (Lipinski definition) is 3. The highest BCUT2D eigenvalue weighted by molar-refractivity contribution is 5.78. The van der Waals surface area contributed by atoms with Crippen LogP contribution in [-0.2, 0) is 14.4 Å². The molecule has 0 saturated heterocycles. The summed E-state index contributed by atoms with van der Waals surface area (Å²) >= 11 is 0. The topological polar surface area (TPSA) is 87.3 Å². The fourth-order valence-electron chi connectivity index (χ4n) is 2.78. The first-order chi connectivity index (χ1) is 13.1. The number of rotatable bonds is 19. The monoisotopic (exact) mass is 383 g/mol. The number of hydrogen-bond acceptors (Lipinski definition) is 4. The van der Waals surface area contributed by atoms with Gasteiger partial charge in [-0.2, -0.15) is 0 Å². The SMILES string of the molecule is CCCNCC(=O)NCCCCCCC(=O)NCCCCCC(=O)CCC. The van der Waals surface area contributed by atoms with E-state index in [0.717, 1.165) is 64.3 Å². The predicted octanol–water partition coefficient (Wildman–Crippen LogP) is 3.10. The summed E-state index contributed by atoms with van der Waals surface area (Å²) in [5.41, 5.74) is 0. The molecule has 0 unspecified atom stereocenters. The van der Waals surface area contributed by atoms with Gasteiger partial charge in [0, 0.05) is 32.4 Å². The summed E-state index contributed by atoms with van der Waals surface area (Å²) in [6, 6.07) is 0. The molecule has 0 aromatic carbocycles. The highest BCUT2D eigenvalue weighted by Crippen LogP contribution is 2.04. The van der Waals surface area contributed by atoms with Gasteiger partial charge in [0.15, 0.2) is 0 Å². The second-order valence-electron chi connectivity index (χ2n) is 7.14. The second-order valence-corrected chi connectivity index (χ2v) is 7.14. The Bertz CT molecular complexity index is 400. The maximum atomic E-state index is 11.7. The Labute approximate surface area is 165 Å². The smallest absolute Gasteiger partial charge is 0.233 e. The van der Waals surface area contributed by atoms with Crippen LogP contribution in [0, 0.1) is 0 Å². The van der Waals surface area contributed by atoms with Crippen molar-refractivity contribution < 1.29 is 14.4 Å². The highest BCUT2D eigenvalue weighted by Gasteiger charge is 2.03. The molecule has 0 saturated carbocycles. The van der Waals surface area contributed by atoms with E-state index >= 15 is 0 Å². The van der Waals surface area contributed by atoms with Crippen molar-refractivity contribution in [3.05, 3.63) is 0 Å². The second kappa shape index (κ2) is 19.3. The largest absolute Gasteiger partial charge is 0.356 e. The lowest BCUT2D eigenvalue weighted by Gasteiger charge is -2.07. The number of ketones is 1. The Morgan fingerprint density at radius 3 is 1.85 bits per heavy atom. The third-order valence-electron chi connectivity index (χ3n) is 4.35. The third kappa shape index (κ3) is 19.1. The molecule has 0 radical (unpaired) electrons. The minimum atomic E-state index is 0.0533. The van der Waals surface area contributed by atoms with Gasteiger partial charge in [0.2, 0.25) is 11.8 Å². The van der Waals surface area contributed by atoms with Crippen LogP contribution in [0.2, 0.25) is 0 Å². The zero-order valence-electron chi connectivity index (χ0n) is 17.5. The third-order valence-corrected chi connectivity index (χ3v) is 4.35. The number of carbonyl (C=O) groups is 3. The summed E-state index contributed by atoms with van der Waals surface area (Å²) in [6.45, 7) is 6.78. The molecule has 2 amide bonds. The molecule has 0 aromatic heterocycles. The minimum absolute atomic E-state index is 0.0533. The van der Waals surface area contributed by atoms with Gasteiger partial charge in [-0.3, -0.25) is 14.4 Å². The molecule has 27 heavy (non-hydrogen) atoms. The van der Waals surface area contributed by atoms with E-state index in [1.54, 1.807) is 0 Å². The molecular formula is C21H41N3O3. The molecule has 0 aliphatic carbocycles. The van der Waals surface area contributed by atoms with Gasteiger partial charge >= 0.3 is 0 Å². The number of Topliss-reactive ketones (excluding diaryl/α,β-unsaturated/α-hetero) is 1. The Morgan fingerprint density at radius 1 is 0.593 bits per heavy atom. The van der Waals surface area contributed by atoms with Crippen LogP contribution >= 0.6 is 0 Å². The molecule has 158 valence electrons. The van der Waals surface area contributed by atoms with Crippen LogP contribution in [0.15, 0.2) is 0 Å². The van der Waals surface area contributed by atoms with Crippen LogP contribution < -0.4 is 16.0 Å². The number of carbonyl (C=O) groups excluding carboxylic acids is 3. The van der Waals surface area contributed by atoms with Crippen molar-refractivity contribution in [2.45, 2.75) is 90.9 Å². The van der Waals surface area contributed by atoms with Gasteiger partial charge in [0.25, 0.3) is 0 Å². The van der Waals surface area contributed by atoms with Crippen LogP contribution in [0.5, 0.6) is 0 Å². The van der Waals surface area contributed by atoms with Gasteiger partial charge < -0.3 is 16.0 Å². The van der Waals surface area contributed by atoms with E-state index in [2.05, 4.69) is 22.9 Å². The summed E-state index contributed by atoms with van der Waals surface area (Å²) in [7, 11) is 0. The normalized spacial score (nSPS) is 10.6. The minimum Gasteiger partial charge on any atom is -0.356 e. The summed E-state index contributed by atoms with van der Waals surface area (Å²) in [5.74, 6) is 0.527. The first-order valence-electron chi connectivity index (χ1n) is 10.9. The van der Waals surface area contributed by atoms with E-state index in [4.69, 9.17) is 0 Å². The van der Waals surface area contributed by atoms with Crippen molar-refractivity contribution in [1.29, 1.82) is 0 Å². The lowest BCUT2D eigenvalue weighted by atomic mass is 10.1. The molecule has 0 fully saturated rings. The molecular weight excluding hydrogens is 342 g/mol. The lowest BCUT2D eigenvalue weighted by Crippen LogP contribution is -2.34. The molecule has 6 nitrogen and oxygen atoms in total. The molecule has 0 spiro atoms. The van der Waals surface area contributed by atoms with Gasteiger partial charge in [-0.25, -0.2) is 0 Å². The van der Waals surface area contributed by atoms with Gasteiger partial charge in [-0.15, -0.1) is 0 Å². The van der Waals surface area contributed by atoms with Crippen molar-refractivity contribution in [1.82, 2.24) is 16.0 Å². The van der Waals surface area contributed by atoms with Crippen molar-refractivity contribution >= 4 is 17.6 Å². The standard InChI is InChI=1S/C21H41N3O3/c1-3-12-19(25)13-8-7-11-16-23-20(26)14-9-5-6-10-17-24-21(27)18-22-15-4-2/h22H,3-18H2,1-2H3,(H,23,26)(H,24,27). The predicted molar refractivity (Wildman–Crippen MR) is 111 cm³/mol. The van der Waals surface area contributed by atoms with Crippen LogP contribution in [0.3, 0.4) is 0 Å². The Hall–Kier alpha value is -1.43. The van der Waals surface area contributed by atoms with Crippen LogP contribution in [0.4, 0.5) is 0 Å². The average Bonchev–Trinajstić information content (AvgIpc) is 2.64. The van der Waals surface area contributed by atoms with Gasteiger partial charge in [0.1, 0.15) is 5.78 Å². The number of nitrogens with one attached hydrogen (secondary N) is 3. The maximum Gasteiger partial charge on any atom is 0.233 e. The molecule has 0 heterocycles. The van der Waals surface area contributed by atoms with Crippen molar-refractivity contribution in [2.75, 3.05) is 26.2 Å². The summed E-state index contributed by atoms with van der Waals surface area (Å²) in [6.07, 6.45) is 10.7. The van der Waals surface area contributed by atoms with Crippen molar-refractivity contribution in [3.63, 3.8) is 0 Å². The molecule has 0 aromatic rings. The first kappa shape index (κ1) is 25.6. The van der Waals surface area contributed by atoms with E-state index in [-0.39, 0.29) is 11.8 Å². The molecule has 0 bridgehead atoms. The summed E-state index contributed by atoms with van der Waals surface area (Å²) in [5, 5.41) is 8.92. The molecule has 3 N–H and O–H groups in total. The van der Waals surface area contributed by atoms with Crippen LogP contribution in [0.1, 0.15) is 90.9 Å².